The van der Waals surface area contributed by atoms with Crippen molar-refractivity contribution in [2.45, 2.75) is 105 Å². The molecule has 2 rings (SSSR count). The van der Waals surface area contributed by atoms with Crippen molar-refractivity contribution in [1.82, 2.24) is 15.5 Å². The molecule has 1 aromatic carbocycles. The number of aryl methyl sites for hydroxylation is 2. The minimum Gasteiger partial charge on any atom is -0.493 e. The number of nitrogens with one attached hydrogen (secondary N) is 2. The summed E-state index contributed by atoms with van der Waals surface area (Å²) in [5.74, 6) is 0.963. The number of allylic oxidation sites excluding steroid dienone is 12. The molecule has 1 saturated heterocycles. The Morgan fingerprint density at radius 2 is 1.37 bits per heavy atom. The van der Waals surface area contributed by atoms with E-state index in [9.17, 15) is 9.59 Å². The molecule has 1 aromatic rings. The molecule has 0 aliphatic carbocycles. The van der Waals surface area contributed by atoms with Gasteiger partial charge in [0.1, 0.15) is 5.75 Å². The van der Waals surface area contributed by atoms with Crippen molar-refractivity contribution in [1.29, 1.82) is 0 Å². The van der Waals surface area contributed by atoms with Gasteiger partial charge in [-0.25, -0.2) is 0 Å². The Hall–Kier alpha value is -3.68. The van der Waals surface area contributed by atoms with E-state index in [1.807, 2.05) is 20.8 Å². The van der Waals surface area contributed by atoms with Gasteiger partial charge in [-0.2, -0.15) is 0 Å². The predicted molar refractivity (Wildman–Crippen MR) is 214 cm³/mol. The molecule has 1 atom stereocenters. The van der Waals surface area contributed by atoms with Crippen LogP contribution < -0.4 is 15.4 Å². The first kappa shape index (κ1) is 43.5. The molecule has 51 heavy (non-hydrogen) atoms. The van der Waals surface area contributed by atoms with Crippen molar-refractivity contribution < 1.29 is 19.1 Å². The van der Waals surface area contributed by atoms with Crippen LogP contribution in [-0.2, 0) is 14.3 Å². The van der Waals surface area contributed by atoms with E-state index in [1.54, 1.807) is 0 Å². The van der Waals surface area contributed by atoms with Crippen LogP contribution in [0.3, 0.4) is 0 Å². The first-order chi connectivity index (χ1) is 24.7. The number of benzene rings is 1. The van der Waals surface area contributed by atoms with E-state index >= 15 is 0 Å². The summed E-state index contributed by atoms with van der Waals surface area (Å²) in [6.07, 6.45) is 34.7. The largest absolute Gasteiger partial charge is 0.493 e. The van der Waals surface area contributed by atoms with Crippen molar-refractivity contribution in [3.8, 4) is 5.75 Å². The van der Waals surface area contributed by atoms with Crippen LogP contribution in [0.25, 0.3) is 0 Å². The standard InChI is InChI=1S/C44H67N3O4/c1-6-7-8-9-10-11-12-13-14-15-16-17-18-19-20-21-22-23-24-26-42(48)45-36-40(47-30-33-50-34-31-47)37-46-43(49)44(4,5)29-25-32-51-41-35-38(2)27-28-39(41)3/h7-8,10-11,13-14,16-17,19-20,22-23,27-28,35,40H,6,9,12,15,18,21,24-26,29-34,36-37H2,1-5H3,(H,45,48)(H,46,49)/b8-7-,11-10-,14-13-,17-16-,20-19-,23-22-. The van der Waals surface area contributed by atoms with E-state index in [0.717, 1.165) is 75.8 Å². The van der Waals surface area contributed by atoms with Crippen LogP contribution in [0.1, 0.15) is 96.1 Å². The van der Waals surface area contributed by atoms with Gasteiger partial charge in [-0.3, -0.25) is 14.5 Å². The van der Waals surface area contributed by atoms with Gasteiger partial charge in [-0.1, -0.05) is 106 Å². The van der Waals surface area contributed by atoms with Crippen molar-refractivity contribution in [3.63, 3.8) is 0 Å². The van der Waals surface area contributed by atoms with Gasteiger partial charge in [0, 0.05) is 44.1 Å². The maximum atomic E-state index is 13.2. The summed E-state index contributed by atoms with van der Waals surface area (Å²) in [5, 5.41) is 6.30. The highest BCUT2D eigenvalue weighted by atomic mass is 16.5. The number of ether oxygens (including phenoxy) is 2. The smallest absolute Gasteiger partial charge is 0.225 e. The van der Waals surface area contributed by atoms with Gasteiger partial charge in [0.15, 0.2) is 0 Å². The van der Waals surface area contributed by atoms with Crippen molar-refractivity contribution >= 4 is 11.8 Å². The van der Waals surface area contributed by atoms with Crippen LogP contribution in [0, 0.1) is 19.3 Å². The third-order valence-electron chi connectivity index (χ3n) is 8.89. The molecule has 0 bridgehead atoms. The molecule has 282 valence electrons. The zero-order chi connectivity index (χ0) is 37.0. The molecule has 1 fully saturated rings. The molecule has 7 heteroatoms. The summed E-state index contributed by atoms with van der Waals surface area (Å²) in [7, 11) is 0. The Morgan fingerprint density at radius 3 is 1.96 bits per heavy atom. The summed E-state index contributed by atoms with van der Waals surface area (Å²) in [6.45, 7) is 14.7. The van der Waals surface area contributed by atoms with Crippen molar-refractivity contribution in [2.24, 2.45) is 5.41 Å². The third kappa shape index (κ3) is 20.7. The highest BCUT2D eigenvalue weighted by Crippen LogP contribution is 2.24. The van der Waals surface area contributed by atoms with Gasteiger partial charge in [-0.05, 0) is 88.8 Å². The molecule has 7 nitrogen and oxygen atoms in total. The topological polar surface area (TPSA) is 79.9 Å². The van der Waals surface area contributed by atoms with Crippen LogP contribution in [0.2, 0.25) is 0 Å². The lowest BCUT2D eigenvalue weighted by atomic mass is 9.87. The zero-order valence-electron chi connectivity index (χ0n) is 32.3. The molecule has 2 N–H and O–H groups in total. The van der Waals surface area contributed by atoms with Gasteiger partial charge in [0.25, 0.3) is 0 Å². The Bertz CT molecular complexity index is 1300. The molecule has 2 amide bonds. The highest BCUT2D eigenvalue weighted by molar-refractivity contribution is 5.81. The first-order valence-corrected chi connectivity index (χ1v) is 19.2. The number of hydrogen-bond donors (Lipinski definition) is 2. The fraction of sp³-hybridized carbons (Fsp3) is 0.545. The van der Waals surface area contributed by atoms with E-state index in [2.05, 4.69) is 120 Å². The predicted octanol–water partition coefficient (Wildman–Crippen LogP) is 8.90. The number of morpholine rings is 1. The minimum atomic E-state index is -0.525. The number of rotatable bonds is 25. The molecule has 0 aromatic heterocycles. The van der Waals surface area contributed by atoms with E-state index in [-0.39, 0.29) is 17.9 Å². The first-order valence-electron chi connectivity index (χ1n) is 19.2. The molecular weight excluding hydrogens is 635 g/mol. The fourth-order valence-electron chi connectivity index (χ4n) is 5.57. The van der Waals surface area contributed by atoms with Gasteiger partial charge < -0.3 is 20.1 Å². The second-order valence-corrected chi connectivity index (χ2v) is 13.9. The quantitative estimate of drug-likeness (QED) is 0.0787. The Labute approximate surface area is 310 Å². The number of nitrogens with zero attached hydrogens (tertiary/aromatic N) is 1. The number of carbonyl (C=O) groups excluding carboxylic acids is 2. The Balaban J connectivity index is 1.64. The molecule has 0 spiro atoms. The minimum absolute atomic E-state index is 0.0103. The second kappa shape index (κ2) is 27.0. The molecule has 1 unspecified atom stereocenters. The Morgan fingerprint density at radius 1 is 0.824 bits per heavy atom. The van der Waals surface area contributed by atoms with E-state index in [4.69, 9.17) is 9.47 Å². The normalized spacial score (nSPS) is 15.3. The van der Waals surface area contributed by atoms with Crippen LogP contribution >= 0.6 is 0 Å². The lowest BCUT2D eigenvalue weighted by Crippen LogP contribution is -2.54. The summed E-state index contributed by atoms with van der Waals surface area (Å²) < 4.78 is 11.6. The second-order valence-electron chi connectivity index (χ2n) is 13.9. The van der Waals surface area contributed by atoms with Crippen LogP contribution in [0.4, 0.5) is 0 Å². The van der Waals surface area contributed by atoms with E-state index < -0.39 is 5.41 Å². The summed E-state index contributed by atoms with van der Waals surface area (Å²) >= 11 is 0. The monoisotopic (exact) mass is 702 g/mol. The van der Waals surface area contributed by atoms with E-state index in [1.165, 1.54) is 5.56 Å². The molecule has 0 saturated carbocycles. The SMILES string of the molecule is CC/C=C\C/C=C\C/C=C\C/C=C\C/C=C\C/C=C\CCC(=O)NCC(CNC(=O)C(C)(C)CCCOc1cc(C)ccc1C)N1CCOCC1. The van der Waals surface area contributed by atoms with Crippen LogP contribution in [0.5, 0.6) is 5.75 Å². The average Bonchev–Trinajstić information content (AvgIpc) is 3.12. The number of amides is 2. The molecule has 0 radical (unpaired) electrons. The van der Waals surface area contributed by atoms with Gasteiger partial charge in [0.2, 0.25) is 11.8 Å². The molecule has 1 aliphatic heterocycles. The molecule has 1 heterocycles. The van der Waals surface area contributed by atoms with Gasteiger partial charge >= 0.3 is 0 Å². The van der Waals surface area contributed by atoms with E-state index in [0.29, 0.717) is 45.8 Å². The fourth-order valence-corrected chi connectivity index (χ4v) is 5.57. The summed E-state index contributed by atoms with van der Waals surface area (Å²) in [5.41, 5.74) is 1.77. The number of carbonyl (C=O) groups is 2. The highest BCUT2D eigenvalue weighted by Gasteiger charge is 2.29. The maximum absolute atomic E-state index is 13.2. The molecular formula is C44H67N3O4. The van der Waals surface area contributed by atoms with Crippen molar-refractivity contribution in [2.75, 3.05) is 46.0 Å². The van der Waals surface area contributed by atoms with Gasteiger partial charge in [0.05, 0.1) is 19.8 Å². The number of hydrogen-bond acceptors (Lipinski definition) is 5. The zero-order valence-corrected chi connectivity index (χ0v) is 32.3. The lowest BCUT2D eigenvalue weighted by molar-refractivity contribution is -0.130. The average molecular weight is 702 g/mol. The summed E-state index contributed by atoms with van der Waals surface area (Å²) in [6, 6.07) is 6.22. The van der Waals surface area contributed by atoms with Crippen molar-refractivity contribution in [3.05, 3.63) is 102 Å². The Kier molecular flexibility index (Phi) is 23.1. The van der Waals surface area contributed by atoms with Gasteiger partial charge in [-0.15, -0.1) is 0 Å². The molecule has 1 aliphatic rings. The van der Waals surface area contributed by atoms with Crippen LogP contribution in [0.15, 0.2) is 91.1 Å². The maximum Gasteiger partial charge on any atom is 0.225 e. The summed E-state index contributed by atoms with van der Waals surface area (Å²) in [4.78, 5) is 28.2. The van der Waals surface area contributed by atoms with Crippen LogP contribution in [-0.4, -0.2) is 68.8 Å². The third-order valence-corrected chi connectivity index (χ3v) is 8.89. The lowest BCUT2D eigenvalue weighted by Gasteiger charge is -2.35.